The molecule has 9 heteroatoms. The fourth-order valence-electron chi connectivity index (χ4n) is 2.00. The van der Waals surface area contributed by atoms with E-state index in [4.69, 9.17) is 20.7 Å². The second-order valence-corrected chi connectivity index (χ2v) is 4.25. The summed E-state index contributed by atoms with van der Waals surface area (Å²) in [6, 6.07) is 0. The molecule has 1 aliphatic rings. The number of anilines is 1. The Kier molecular flexibility index (Phi) is 4.14. The third-order valence-electron chi connectivity index (χ3n) is 3.08. The summed E-state index contributed by atoms with van der Waals surface area (Å²) in [4.78, 5) is 15.2. The molecule has 1 saturated heterocycles. The van der Waals surface area contributed by atoms with Gasteiger partial charge < -0.3 is 25.8 Å². The Balaban J connectivity index is 2.45. The molecule has 1 fully saturated rings. The maximum atomic E-state index is 12.7. The fourth-order valence-corrected chi connectivity index (χ4v) is 2.00. The van der Waals surface area contributed by atoms with Gasteiger partial charge in [-0.1, -0.05) is 0 Å². The minimum Gasteiger partial charge on any atom is -0.393 e. The van der Waals surface area contributed by atoms with Crippen molar-refractivity contribution in [1.29, 1.82) is 0 Å². The molecule has 3 atom stereocenters. The molecule has 110 valence electrons. The second-order valence-electron chi connectivity index (χ2n) is 4.25. The Hall–Kier alpha value is -1.81. The molecule has 0 radical (unpaired) electrons. The van der Waals surface area contributed by atoms with Crippen LogP contribution in [-0.4, -0.2) is 43.7 Å². The van der Waals surface area contributed by atoms with Crippen molar-refractivity contribution in [3.05, 3.63) is 34.1 Å². The molecule has 1 aliphatic heterocycles. The number of ether oxygens (including phenoxy) is 1. The number of nitrogens with zero attached hydrogens (tertiary/aromatic N) is 2. The van der Waals surface area contributed by atoms with Crippen molar-refractivity contribution in [1.82, 2.24) is 9.55 Å². The van der Waals surface area contributed by atoms with Crippen molar-refractivity contribution in [2.45, 2.75) is 25.0 Å². The molecule has 0 bridgehead atoms. The maximum absolute atomic E-state index is 12.7. The molecule has 8 nitrogen and oxygen atoms in total. The second kappa shape index (κ2) is 5.67. The normalized spacial score (nSPS) is 28.2. The largest absolute Gasteiger partial charge is 0.393 e. The average molecular weight is 287 g/mol. The summed E-state index contributed by atoms with van der Waals surface area (Å²) in [6.07, 6.45) is -2.45. The van der Waals surface area contributed by atoms with E-state index in [1.165, 1.54) is 6.20 Å². The zero-order valence-electron chi connectivity index (χ0n) is 10.3. The Labute approximate surface area is 112 Å². The van der Waals surface area contributed by atoms with Gasteiger partial charge in [0.1, 0.15) is 18.0 Å². The van der Waals surface area contributed by atoms with Gasteiger partial charge >= 0.3 is 5.69 Å². The van der Waals surface area contributed by atoms with Crippen LogP contribution in [0.2, 0.25) is 0 Å². The first-order valence-corrected chi connectivity index (χ1v) is 5.76. The van der Waals surface area contributed by atoms with E-state index in [0.717, 1.165) is 4.57 Å². The SMILES string of the molecule is Nc1nc(=O)n(C2OC(CO)/C(=C/F)C2O)cc1CO. The minimum atomic E-state index is -1.45. The maximum Gasteiger partial charge on any atom is 0.351 e. The number of halogens is 1. The van der Waals surface area contributed by atoms with Crippen LogP contribution in [0.1, 0.15) is 11.8 Å². The lowest BCUT2D eigenvalue weighted by Crippen LogP contribution is -2.33. The van der Waals surface area contributed by atoms with E-state index in [0.29, 0.717) is 0 Å². The van der Waals surface area contributed by atoms with Crippen LogP contribution in [0.15, 0.2) is 22.9 Å². The number of aliphatic hydroxyl groups excluding tert-OH is 3. The Morgan fingerprint density at radius 1 is 1.55 bits per heavy atom. The monoisotopic (exact) mass is 287 g/mol. The molecule has 2 heterocycles. The Morgan fingerprint density at radius 2 is 2.25 bits per heavy atom. The third kappa shape index (κ3) is 2.31. The van der Waals surface area contributed by atoms with Crippen LogP contribution in [0, 0.1) is 0 Å². The molecule has 20 heavy (non-hydrogen) atoms. The lowest BCUT2D eigenvalue weighted by Gasteiger charge is -2.17. The van der Waals surface area contributed by atoms with Gasteiger partial charge in [-0.3, -0.25) is 4.57 Å². The molecular formula is C11H14FN3O5. The van der Waals surface area contributed by atoms with Gasteiger partial charge in [0.05, 0.1) is 19.5 Å². The van der Waals surface area contributed by atoms with Gasteiger partial charge in [-0.2, -0.15) is 4.98 Å². The van der Waals surface area contributed by atoms with Gasteiger partial charge in [0.15, 0.2) is 6.23 Å². The highest BCUT2D eigenvalue weighted by Crippen LogP contribution is 2.32. The van der Waals surface area contributed by atoms with Gasteiger partial charge in [-0.15, -0.1) is 0 Å². The highest BCUT2D eigenvalue weighted by molar-refractivity contribution is 5.36. The lowest BCUT2D eigenvalue weighted by atomic mass is 10.1. The molecule has 3 unspecified atom stereocenters. The predicted molar refractivity (Wildman–Crippen MR) is 65.0 cm³/mol. The van der Waals surface area contributed by atoms with E-state index in [-0.39, 0.29) is 23.3 Å². The van der Waals surface area contributed by atoms with E-state index >= 15 is 0 Å². The standard InChI is InChI=1S/C11H14FN3O5/c12-1-6-7(4-17)20-10(8(6)18)15-2-5(3-16)9(13)14-11(15)19/h1-2,7-8,10,16-18H,3-4H2,(H2,13,14,19)/b6-1-. The minimum absolute atomic E-state index is 0.133. The summed E-state index contributed by atoms with van der Waals surface area (Å²) < 4.78 is 18.8. The molecule has 1 aromatic rings. The molecule has 0 saturated carbocycles. The van der Waals surface area contributed by atoms with Gasteiger partial charge in [-0.05, 0) is 0 Å². The molecule has 0 aromatic carbocycles. The topological polar surface area (TPSA) is 131 Å². The lowest BCUT2D eigenvalue weighted by molar-refractivity contribution is -0.0529. The van der Waals surface area contributed by atoms with Gasteiger partial charge in [0.2, 0.25) is 0 Å². The average Bonchev–Trinajstić information content (AvgIpc) is 2.75. The van der Waals surface area contributed by atoms with Crippen LogP contribution in [0.5, 0.6) is 0 Å². The Morgan fingerprint density at radius 3 is 2.75 bits per heavy atom. The number of nitrogens with two attached hydrogens (primary N) is 1. The smallest absolute Gasteiger partial charge is 0.351 e. The molecule has 0 amide bonds. The van der Waals surface area contributed by atoms with E-state index in [9.17, 15) is 14.3 Å². The van der Waals surface area contributed by atoms with E-state index in [2.05, 4.69) is 4.98 Å². The summed E-state index contributed by atoms with van der Waals surface area (Å²) in [5.74, 6) is -0.138. The first-order chi connectivity index (χ1) is 9.53. The number of nitrogen functional groups attached to an aromatic ring is 1. The summed E-state index contributed by atoms with van der Waals surface area (Å²) in [6.45, 7) is -1.01. The van der Waals surface area contributed by atoms with E-state index < -0.39 is 37.3 Å². The van der Waals surface area contributed by atoms with Crippen LogP contribution < -0.4 is 11.4 Å². The van der Waals surface area contributed by atoms with Crippen molar-refractivity contribution in [2.24, 2.45) is 0 Å². The van der Waals surface area contributed by atoms with Crippen molar-refractivity contribution in [3.8, 4) is 0 Å². The molecular weight excluding hydrogens is 273 g/mol. The summed E-state index contributed by atoms with van der Waals surface area (Å²) in [5.41, 5.74) is 4.61. The van der Waals surface area contributed by atoms with E-state index in [1.807, 2.05) is 0 Å². The zero-order chi connectivity index (χ0) is 14.9. The van der Waals surface area contributed by atoms with Crippen molar-refractivity contribution in [3.63, 3.8) is 0 Å². The number of aliphatic hydroxyl groups is 3. The van der Waals surface area contributed by atoms with Crippen molar-refractivity contribution >= 4 is 5.82 Å². The van der Waals surface area contributed by atoms with E-state index in [1.54, 1.807) is 0 Å². The van der Waals surface area contributed by atoms with Crippen LogP contribution >= 0.6 is 0 Å². The van der Waals surface area contributed by atoms with Crippen LogP contribution in [0.25, 0.3) is 0 Å². The quantitative estimate of drug-likeness (QED) is 0.527. The molecule has 1 aromatic heterocycles. The van der Waals surface area contributed by atoms with Crippen LogP contribution in [0.3, 0.4) is 0 Å². The van der Waals surface area contributed by atoms with Crippen molar-refractivity contribution in [2.75, 3.05) is 12.3 Å². The Bertz CT molecular complexity index is 588. The number of rotatable bonds is 3. The van der Waals surface area contributed by atoms with Gasteiger partial charge in [0, 0.05) is 17.3 Å². The van der Waals surface area contributed by atoms with Crippen LogP contribution in [0.4, 0.5) is 10.2 Å². The zero-order valence-corrected chi connectivity index (χ0v) is 10.3. The van der Waals surface area contributed by atoms with Crippen molar-refractivity contribution < 1.29 is 24.4 Å². The summed E-state index contributed by atoms with van der Waals surface area (Å²) in [7, 11) is 0. The van der Waals surface area contributed by atoms with Gasteiger partial charge in [0.25, 0.3) is 0 Å². The predicted octanol–water partition coefficient (Wildman–Crippen LogP) is -1.58. The van der Waals surface area contributed by atoms with Crippen LogP contribution in [-0.2, 0) is 11.3 Å². The van der Waals surface area contributed by atoms with Gasteiger partial charge in [-0.25, -0.2) is 9.18 Å². The highest BCUT2D eigenvalue weighted by atomic mass is 19.1. The molecule has 0 spiro atoms. The first-order valence-electron chi connectivity index (χ1n) is 5.76. The number of hydrogen-bond acceptors (Lipinski definition) is 7. The first kappa shape index (κ1) is 14.6. The molecule has 5 N–H and O–H groups in total. The molecule has 2 rings (SSSR count). The number of hydrogen-bond donors (Lipinski definition) is 4. The third-order valence-corrected chi connectivity index (χ3v) is 3.08. The number of aromatic nitrogens is 2. The summed E-state index contributed by atoms with van der Waals surface area (Å²) >= 11 is 0. The highest BCUT2D eigenvalue weighted by Gasteiger charge is 2.40. The molecule has 0 aliphatic carbocycles. The fraction of sp³-hybridized carbons (Fsp3) is 0.455. The summed E-state index contributed by atoms with van der Waals surface area (Å²) in [5, 5.41) is 28.1.